The van der Waals surface area contributed by atoms with Crippen molar-refractivity contribution in [2.45, 2.75) is 27.7 Å². The molecule has 0 amide bonds. The number of rotatable bonds is 6. The van der Waals surface area contributed by atoms with E-state index in [1.807, 2.05) is 30.3 Å². The molecule has 6 nitrogen and oxygen atoms in total. The van der Waals surface area contributed by atoms with Gasteiger partial charge in [-0.1, -0.05) is 249 Å². The molecule has 0 unspecified atom stereocenters. The predicted molar refractivity (Wildman–Crippen MR) is 424 cm³/mol. The third-order valence-electron chi connectivity index (χ3n) is 21.2. The Kier molecular flexibility index (Phi) is 15.0. The number of benzene rings is 15. The molecule has 9 heteroatoms. The summed E-state index contributed by atoms with van der Waals surface area (Å²) in [5.41, 5.74) is 29.3. The summed E-state index contributed by atoms with van der Waals surface area (Å²) in [6, 6.07) is 113. The summed E-state index contributed by atoms with van der Waals surface area (Å²) in [4.78, 5) is 0. The molecular weight excluding hydrogens is 1260 g/mol. The highest BCUT2D eigenvalue weighted by atomic mass is 16.5. The molecule has 15 aromatic rings. The van der Waals surface area contributed by atoms with Gasteiger partial charge in [0.2, 0.25) is 0 Å². The van der Waals surface area contributed by atoms with Gasteiger partial charge in [0, 0.05) is 16.4 Å². The van der Waals surface area contributed by atoms with Crippen LogP contribution in [-0.2, 0) is 0 Å². The summed E-state index contributed by atoms with van der Waals surface area (Å²) in [7, 11) is 0. The number of ether oxygens (including phenoxy) is 6. The SMILES string of the molecule is Cc1ccccc1-c1cc2c3c(c1)Oc1cc(-c4ccccc4)ccc1B3c1ccccc1O2.Cc1ccccc1-c1ccc2c(c1)Oc1cc(-c3ccccc3)cc3c1B2c1ccccc1O3.Cc1ccccc1-c1ccc2c(c1)Oc1cc(-c3ccccc3C)cc3c1B2c1ccccc1O3. The number of para-hydroxylation sites is 3. The Hall–Kier alpha value is -12.7. The Morgan fingerprint density at radius 3 is 0.738 bits per heavy atom. The highest BCUT2D eigenvalue weighted by Gasteiger charge is 2.44. The third kappa shape index (κ3) is 10.8. The second kappa shape index (κ2) is 25.2. The van der Waals surface area contributed by atoms with Crippen molar-refractivity contribution in [1.29, 1.82) is 0 Å². The zero-order valence-corrected chi connectivity index (χ0v) is 57.3. The highest BCUT2D eigenvalue weighted by molar-refractivity contribution is 6.99. The number of fused-ring (bicyclic) bond motifs is 12. The molecule has 0 atom stereocenters. The van der Waals surface area contributed by atoms with Crippen LogP contribution < -0.4 is 77.6 Å². The van der Waals surface area contributed by atoms with Gasteiger partial charge in [-0.05, 0) is 222 Å². The molecule has 0 fully saturated rings. The van der Waals surface area contributed by atoms with Crippen LogP contribution >= 0.6 is 0 Å². The molecule has 0 radical (unpaired) electrons. The zero-order valence-electron chi connectivity index (χ0n) is 57.3. The maximum Gasteiger partial charge on any atom is 0.260 e. The monoisotopic (exact) mass is 1320 g/mol. The van der Waals surface area contributed by atoms with E-state index in [2.05, 4.69) is 319 Å². The lowest BCUT2D eigenvalue weighted by Gasteiger charge is -2.33. The first-order valence-electron chi connectivity index (χ1n) is 35.3. The summed E-state index contributed by atoms with van der Waals surface area (Å²) in [5, 5.41) is 0. The van der Waals surface area contributed by atoms with Crippen molar-refractivity contribution in [2.24, 2.45) is 0 Å². The van der Waals surface area contributed by atoms with Crippen LogP contribution in [0.4, 0.5) is 0 Å². The smallest absolute Gasteiger partial charge is 0.260 e. The lowest BCUT2D eigenvalue weighted by atomic mass is 9.35. The minimum Gasteiger partial charge on any atom is -0.458 e. The first-order valence-corrected chi connectivity index (χ1v) is 35.3. The van der Waals surface area contributed by atoms with Gasteiger partial charge in [-0.3, -0.25) is 0 Å². The van der Waals surface area contributed by atoms with E-state index in [0.29, 0.717) is 0 Å². The predicted octanol–water partition coefficient (Wildman–Crippen LogP) is 18.5. The van der Waals surface area contributed by atoms with Crippen LogP contribution in [0.1, 0.15) is 22.3 Å². The minimum absolute atomic E-state index is 0.0746. The molecule has 0 N–H and O–H groups in total. The molecule has 6 aliphatic heterocycles. The summed E-state index contributed by atoms with van der Waals surface area (Å²) < 4.78 is 39.3. The van der Waals surface area contributed by atoms with E-state index in [1.54, 1.807) is 0 Å². The largest absolute Gasteiger partial charge is 0.458 e. The molecule has 0 spiro atoms. The number of hydrogen-bond donors (Lipinski definition) is 0. The van der Waals surface area contributed by atoms with Crippen LogP contribution in [0, 0.1) is 27.7 Å². The molecule has 0 bridgehead atoms. The van der Waals surface area contributed by atoms with Crippen molar-refractivity contribution in [3.8, 4) is 136 Å². The Bertz CT molecular complexity index is 5920. The van der Waals surface area contributed by atoms with Crippen molar-refractivity contribution in [2.75, 3.05) is 0 Å². The van der Waals surface area contributed by atoms with Crippen LogP contribution in [0.2, 0.25) is 0 Å². The third-order valence-corrected chi connectivity index (χ3v) is 21.2. The second-order valence-corrected chi connectivity index (χ2v) is 27.4. The lowest BCUT2D eigenvalue weighted by Crippen LogP contribution is -2.57. The Labute approximate surface area is 601 Å². The maximum atomic E-state index is 6.66. The van der Waals surface area contributed by atoms with Gasteiger partial charge in [0.25, 0.3) is 20.1 Å². The molecular formula is C94H65B3O6. The first-order chi connectivity index (χ1) is 50.7. The maximum absolute atomic E-state index is 6.66. The van der Waals surface area contributed by atoms with E-state index in [-0.39, 0.29) is 20.1 Å². The molecule has 0 saturated heterocycles. The average molecular weight is 1320 g/mol. The first kappa shape index (κ1) is 61.4. The van der Waals surface area contributed by atoms with Gasteiger partial charge in [0.1, 0.15) is 69.0 Å². The Morgan fingerprint density at radius 2 is 0.398 bits per heavy atom. The molecule has 486 valence electrons. The Balaban J connectivity index is 0.000000107. The van der Waals surface area contributed by atoms with Crippen LogP contribution in [0.3, 0.4) is 0 Å². The molecule has 15 aromatic carbocycles. The van der Waals surface area contributed by atoms with E-state index in [1.165, 1.54) is 94.0 Å². The summed E-state index contributed by atoms with van der Waals surface area (Å²) >= 11 is 0. The number of hydrogen-bond acceptors (Lipinski definition) is 6. The molecule has 6 aliphatic rings. The molecule has 6 heterocycles. The topological polar surface area (TPSA) is 55.4 Å². The van der Waals surface area contributed by atoms with Crippen LogP contribution in [0.25, 0.3) is 66.8 Å². The van der Waals surface area contributed by atoms with Crippen LogP contribution in [0.5, 0.6) is 69.0 Å². The zero-order chi connectivity index (χ0) is 68.8. The fraction of sp³-hybridized carbons (Fsp3) is 0.0426. The van der Waals surface area contributed by atoms with Crippen LogP contribution in [-0.4, -0.2) is 20.1 Å². The van der Waals surface area contributed by atoms with Gasteiger partial charge in [-0.25, -0.2) is 0 Å². The van der Waals surface area contributed by atoms with Crippen LogP contribution in [0.15, 0.2) is 322 Å². The van der Waals surface area contributed by atoms with E-state index in [4.69, 9.17) is 28.4 Å². The Morgan fingerprint density at radius 1 is 0.165 bits per heavy atom. The average Bonchev–Trinajstić information content (AvgIpc) is 0.734. The fourth-order valence-corrected chi connectivity index (χ4v) is 16.2. The van der Waals surface area contributed by atoms with E-state index >= 15 is 0 Å². The van der Waals surface area contributed by atoms with Gasteiger partial charge in [-0.2, -0.15) is 0 Å². The van der Waals surface area contributed by atoms with Crippen molar-refractivity contribution in [3.05, 3.63) is 344 Å². The quantitative estimate of drug-likeness (QED) is 0.155. The number of aryl methyl sites for hydroxylation is 4. The van der Waals surface area contributed by atoms with Gasteiger partial charge in [0.05, 0.1) is 0 Å². The molecule has 0 saturated carbocycles. The second-order valence-electron chi connectivity index (χ2n) is 27.4. The highest BCUT2D eigenvalue weighted by Crippen LogP contribution is 2.44. The standard InChI is InChI=1S/C32H23BO2.2C31H21BO2/c1-20-9-3-5-11-24(20)22-15-16-27-29(17-22)35-31-19-23(25-12-6-4-10-21(25)2)18-30-32(31)33(27)26-13-7-8-14-28(26)34-30;1-20-9-5-6-12-24(20)22-15-16-26-28(17-22)34-30-19-23(21-10-3-2-4-11-21)18-29-31(30)32(26)25-13-7-8-14-27(25)33-29;1-20-9-5-6-12-24(20)23-18-29-31-30(19-23)34-28-17-22(21-10-3-2-4-11-21)15-16-26(28)32(31)25-13-7-8-14-27(25)33-29/h3-19H,1-2H3;2*2-19H,1H3. The fourth-order valence-electron chi connectivity index (χ4n) is 16.2. The molecule has 0 aliphatic carbocycles. The van der Waals surface area contributed by atoms with Crippen molar-refractivity contribution in [1.82, 2.24) is 0 Å². The minimum atomic E-state index is 0.0746. The van der Waals surface area contributed by atoms with Gasteiger partial charge < -0.3 is 28.4 Å². The molecule has 103 heavy (non-hydrogen) atoms. The van der Waals surface area contributed by atoms with Gasteiger partial charge in [-0.15, -0.1) is 0 Å². The van der Waals surface area contributed by atoms with Gasteiger partial charge >= 0.3 is 0 Å². The molecule has 21 rings (SSSR count). The van der Waals surface area contributed by atoms with E-state index in [9.17, 15) is 0 Å². The summed E-state index contributed by atoms with van der Waals surface area (Å²) in [6.45, 7) is 8.82. The summed E-state index contributed by atoms with van der Waals surface area (Å²) in [6.07, 6.45) is 0. The van der Waals surface area contributed by atoms with E-state index < -0.39 is 0 Å². The normalized spacial score (nSPS) is 12.7. The van der Waals surface area contributed by atoms with Crippen molar-refractivity contribution < 1.29 is 28.4 Å². The van der Waals surface area contributed by atoms with Crippen molar-refractivity contribution in [3.63, 3.8) is 0 Å². The van der Waals surface area contributed by atoms with E-state index in [0.717, 1.165) is 113 Å². The van der Waals surface area contributed by atoms with Crippen molar-refractivity contribution >= 4 is 69.3 Å². The van der Waals surface area contributed by atoms with Gasteiger partial charge in [0.15, 0.2) is 0 Å². The molecule has 0 aromatic heterocycles. The lowest BCUT2D eigenvalue weighted by molar-refractivity contribution is 0.464. The summed E-state index contributed by atoms with van der Waals surface area (Å²) in [5.74, 6) is 10.7.